The molecule has 0 bridgehead atoms. The molecule has 0 unspecified atom stereocenters. The molecule has 0 saturated carbocycles. The van der Waals surface area contributed by atoms with E-state index in [1.165, 1.54) is 45.6 Å². The summed E-state index contributed by atoms with van der Waals surface area (Å²) in [4.78, 5) is 15.3. The number of nitrogens with zero attached hydrogens (tertiary/aromatic N) is 2. The zero-order chi connectivity index (χ0) is 28.7. The number of rotatable bonds is 7. The molecular weight excluding hydrogens is 569 g/mol. The van der Waals surface area contributed by atoms with Gasteiger partial charge < -0.3 is 4.74 Å². The second-order valence-corrected chi connectivity index (χ2v) is 13.6. The van der Waals surface area contributed by atoms with E-state index in [2.05, 4.69) is 9.58 Å². The fourth-order valence-electron chi connectivity index (χ4n) is 4.52. The molecule has 0 aliphatic rings. The van der Waals surface area contributed by atoms with Crippen LogP contribution >= 0.6 is 11.3 Å². The zero-order valence-electron chi connectivity index (χ0n) is 21.4. The highest BCUT2D eigenvalue weighted by Gasteiger charge is 2.30. The normalized spacial score (nSPS) is 11.8. The van der Waals surface area contributed by atoms with Crippen molar-refractivity contribution in [2.45, 2.75) is 16.7 Å². The van der Waals surface area contributed by atoms with Crippen molar-refractivity contribution in [2.75, 3.05) is 12.9 Å². The molecule has 0 fully saturated rings. The van der Waals surface area contributed by atoms with E-state index >= 15 is 0 Å². The van der Waals surface area contributed by atoms with Gasteiger partial charge in [-0.1, -0.05) is 54.1 Å². The first-order valence-corrected chi connectivity index (χ1v) is 15.9. The van der Waals surface area contributed by atoms with Crippen molar-refractivity contribution in [1.29, 1.82) is 0 Å². The maximum atomic E-state index is 14.3. The third-order valence-electron chi connectivity index (χ3n) is 6.41. The average Bonchev–Trinajstić information content (AvgIpc) is 3.55. The van der Waals surface area contributed by atoms with E-state index < -0.39 is 31.6 Å². The molecule has 2 aromatic heterocycles. The molecule has 8 nitrogen and oxygen atoms in total. The number of methoxy groups -OCH3 is 1. The van der Waals surface area contributed by atoms with Gasteiger partial charge in [0, 0.05) is 22.1 Å². The van der Waals surface area contributed by atoms with Gasteiger partial charge in [-0.15, -0.1) is 0 Å². The van der Waals surface area contributed by atoms with Crippen LogP contribution in [-0.4, -0.2) is 39.6 Å². The number of thiophene rings is 1. The van der Waals surface area contributed by atoms with Crippen molar-refractivity contribution in [2.24, 2.45) is 0 Å². The summed E-state index contributed by atoms with van der Waals surface area (Å²) >= 11 is 1.23. The SMILES string of the molecule is [C-]#[N+]c1sccc1-c1c(-c2cccc(S(=O)(=O)CC(=O)OC)c2)n(S(=O)(=O)c2ccc(C)cc2)c2ccccc12. The summed E-state index contributed by atoms with van der Waals surface area (Å²) in [5.41, 5.74) is 2.78. The Bertz CT molecular complexity index is 2030. The van der Waals surface area contributed by atoms with Crippen LogP contribution in [0.4, 0.5) is 5.00 Å². The van der Waals surface area contributed by atoms with Crippen LogP contribution in [0.5, 0.6) is 0 Å². The number of sulfone groups is 1. The molecular formula is C29H22N2O6S3. The third kappa shape index (κ3) is 4.70. The molecule has 0 spiro atoms. The highest BCUT2D eigenvalue weighted by molar-refractivity contribution is 7.92. The maximum Gasteiger partial charge on any atom is 0.321 e. The first-order chi connectivity index (χ1) is 19.1. The van der Waals surface area contributed by atoms with Crippen LogP contribution in [0.15, 0.2) is 94.0 Å². The van der Waals surface area contributed by atoms with Crippen LogP contribution in [0.1, 0.15) is 5.56 Å². The molecule has 0 atom stereocenters. The van der Waals surface area contributed by atoms with E-state index in [0.717, 1.165) is 12.7 Å². The van der Waals surface area contributed by atoms with E-state index in [9.17, 15) is 21.6 Å². The Kier molecular flexibility index (Phi) is 7.10. The van der Waals surface area contributed by atoms with Crippen LogP contribution in [0, 0.1) is 13.5 Å². The number of hydrogen-bond donors (Lipinski definition) is 0. The van der Waals surface area contributed by atoms with Crippen molar-refractivity contribution in [3.05, 3.63) is 101 Å². The van der Waals surface area contributed by atoms with Crippen LogP contribution in [-0.2, 0) is 29.4 Å². The van der Waals surface area contributed by atoms with Gasteiger partial charge in [-0.3, -0.25) is 4.79 Å². The number of esters is 1. The Morgan fingerprint density at radius 3 is 2.38 bits per heavy atom. The molecule has 0 aliphatic heterocycles. The fourth-order valence-corrected chi connectivity index (χ4v) is 7.94. The summed E-state index contributed by atoms with van der Waals surface area (Å²) in [5, 5.41) is 2.70. The minimum atomic E-state index is -4.20. The molecule has 11 heteroatoms. The van der Waals surface area contributed by atoms with Gasteiger partial charge in [0.15, 0.2) is 15.6 Å². The van der Waals surface area contributed by atoms with Crippen LogP contribution < -0.4 is 0 Å². The van der Waals surface area contributed by atoms with Gasteiger partial charge in [0.2, 0.25) is 5.00 Å². The minimum Gasteiger partial charge on any atom is -0.468 e. The smallest absolute Gasteiger partial charge is 0.321 e. The van der Waals surface area contributed by atoms with Crippen LogP contribution in [0.3, 0.4) is 0 Å². The number of para-hydroxylation sites is 1. The lowest BCUT2D eigenvalue weighted by atomic mass is 10.00. The number of benzene rings is 3. The molecule has 0 saturated heterocycles. The molecule has 40 heavy (non-hydrogen) atoms. The largest absolute Gasteiger partial charge is 0.468 e. The van der Waals surface area contributed by atoms with E-state index in [-0.39, 0.29) is 21.0 Å². The quantitative estimate of drug-likeness (QED) is 0.168. The Morgan fingerprint density at radius 1 is 0.950 bits per heavy atom. The molecule has 3 aromatic carbocycles. The second-order valence-electron chi connectivity index (χ2n) is 8.94. The number of ether oxygens (including phenoxy) is 1. The number of carbonyl (C=O) groups excluding carboxylic acids is 1. The second kappa shape index (κ2) is 10.4. The fraction of sp³-hybridized carbons (Fsp3) is 0.103. The molecule has 0 aliphatic carbocycles. The molecule has 2 heterocycles. The summed E-state index contributed by atoms with van der Waals surface area (Å²) in [6, 6.07) is 21.0. The van der Waals surface area contributed by atoms with Crippen molar-refractivity contribution >= 4 is 53.1 Å². The van der Waals surface area contributed by atoms with Crippen molar-refractivity contribution in [1.82, 2.24) is 3.97 Å². The molecule has 5 rings (SSSR count). The summed E-state index contributed by atoms with van der Waals surface area (Å²) in [6.07, 6.45) is 0. The first-order valence-electron chi connectivity index (χ1n) is 11.9. The monoisotopic (exact) mass is 590 g/mol. The zero-order valence-corrected chi connectivity index (χ0v) is 23.8. The highest BCUT2D eigenvalue weighted by atomic mass is 32.2. The van der Waals surface area contributed by atoms with Crippen molar-refractivity contribution in [3.8, 4) is 22.4 Å². The Morgan fingerprint density at radius 2 is 1.68 bits per heavy atom. The molecule has 202 valence electrons. The summed E-state index contributed by atoms with van der Waals surface area (Å²) in [7, 11) is -7.20. The van der Waals surface area contributed by atoms with Gasteiger partial charge >= 0.3 is 5.97 Å². The van der Waals surface area contributed by atoms with Crippen molar-refractivity contribution < 1.29 is 26.4 Å². The van der Waals surface area contributed by atoms with Gasteiger partial charge in [-0.05, 0) is 42.6 Å². The maximum absolute atomic E-state index is 14.3. The standard InChI is InChI=1S/C29H22N2O6S3/c1-19-11-13-21(14-12-19)40(35,36)31-25-10-5-4-9-23(25)27(24-15-16-38-29(24)30-2)28(31)20-7-6-8-22(17-20)39(33,34)18-26(32)37-3/h4-17H,18H2,1,3H3. The van der Waals surface area contributed by atoms with Crippen LogP contribution in [0.2, 0.25) is 0 Å². The molecule has 0 radical (unpaired) electrons. The first kappa shape index (κ1) is 27.3. The topological polar surface area (TPSA) is 104 Å². The minimum absolute atomic E-state index is 0.0526. The van der Waals surface area contributed by atoms with Gasteiger partial charge in [0.1, 0.15) is 0 Å². The van der Waals surface area contributed by atoms with Crippen molar-refractivity contribution in [3.63, 3.8) is 0 Å². The summed E-state index contributed by atoms with van der Waals surface area (Å²) < 4.78 is 60.4. The highest BCUT2D eigenvalue weighted by Crippen LogP contribution is 2.47. The molecule has 5 aromatic rings. The average molecular weight is 591 g/mol. The Hall–Kier alpha value is -4.24. The predicted molar refractivity (Wildman–Crippen MR) is 155 cm³/mol. The van der Waals surface area contributed by atoms with Gasteiger partial charge in [-0.2, -0.15) is 11.3 Å². The Labute approximate surface area is 235 Å². The van der Waals surface area contributed by atoms with E-state index in [1.54, 1.807) is 53.9 Å². The van der Waals surface area contributed by atoms with Gasteiger partial charge in [0.25, 0.3) is 10.0 Å². The van der Waals surface area contributed by atoms with E-state index in [4.69, 9.17) is 6.57 Å². The number of hydrogen-bond acceptors (Lipinski definition) is 7. The molecule has 0 amide bonds. The van der Waals surface area contributed by atoms with Gasteiger partial charge in [0.05, 0.1) is 34.7 Å². The Balaban J connectivity index is 1.90. The molecule has 0 N–H and O–H groups in total. The lowest BCUT2D eigenvalue weighted by Gasteiger charge is -2.15. The van der Waals surface area contributed by atoms with E-state index in [1.807, 2.05) is 6.92 Å². The number of fused-ring (bicyclic) bond motifs is 1. The number of aromatic nitrogens is 1. The predicted octanol–water partition coefficient (Wildman–Crippen LogP) is 6.08. The lowest BCUT2D eigenvalue weighted by molar-refractivity contribution is -0.137. The number of carbonyl (C=O) groups is 1. The van der Waals surface area contributed by atoms with Crippen LogP contribution in [0.25, 0.3) is 38.1 Å². The van der Waals surface area contributed by atoms with E-state index in [0.29, 0.717) is 27.0 Å². The number of aryl methyl sites for hydroxylation is 1. The summed E-state index contributed by atoms with van der Waals surface area (Å²) in [5.74, 6) is -1.78. The lowest BCUT2D eigenvalue weighted by Crippen LogP contribution is -2.17. The van der Waals surface area contributed by atoms with Gasteiger partial charge in [-0.25, -0.2) is 25.7 Å². The third-order valence-corrected chi connectivity index (χ3v) is 10.5. The summed E-state index contributed by atoms with van der Waals surface area (Å²) in [6.45, 7) is 9.56.